The Labute approximate surface area is 164 Å². The molecular formula is C23H24BrOP. The van der Waals surface area contributed by atoms with E-state index in [0.29, 0.717) is 6.42 Å². The maximum absolute atomic E-state index is 11.3. The van der Waals surface area contributed by atoms with Crippen molar-refractivity contribution >= 4 is 43.8 Å². The summed E-state index contributed by atoms with van der Waals surface area (Å²) in [6.45, 7) is 0. The maximum atomic E-state index is 11.3. The van der Waals surface area contributed by atoms with Crippen LogP contribution in [0.25, 0.3) is 0 Å². The molecule has 3 heteroatoms. The zero-order chi connectivity index (χ0) is 18.2. The van der Waals surface area contributed by atoms with Crippen molar-refractivity contribution in [1.29, 1.82) is 0 Å². The van der Waals surface area contributed by atoms with Gasteiger partial charge in [-0.15, -0.1) is 0 Å². The van der Waals surface area contributed by atoms with Gasteiger partial charge in [-0.1, -0.05) is 0 Å². The van der Waals surface area contributed by atoms with Gasteiger partial charge in [0, 0.05) is 0 Å². The molecule has 3 aromatic rings. The fourth-order valence-electron chi connectivity index (χ4n) is 3.76. The summed E-state index contributed by atoms with van der Waals surface area (Å²) in [5, 5.41) is 4.30. The van der Waals surface area contributed by atoms with Crippen molar-refractivity contribution in [3.8, 4) is 0 Å². The Morgan fingerprint density at radius 3 is 1.38 bits per heavy atom. The van der Waals surface area contributed by atoms with Crippen LogP contribution in [0.15, 0.2) is 91.0 Å². The molecule has 0 aromatic heterocycles. The van der Waals surface area contributed by atoms with Crippen molar-refractivity contribution in [3.63, 3.8) is 0 Å². The third-order valence-electron chi connectivity index (χ3n) is 4.97. The van der Waals surface area contributed by atoms with E-state index in [-0.39, 0.29) is 4.69 Å². The summed E-state index contributed by atoms with van der Waals surface area (Å²) in [4.78, 5) is 11.3. The number of halogens is 1. The molecule has 0 saturated carbocycles. The molecule has 1 nitrogen and oxygen atoms in total. The van der Waals surface area contributed by atoms with Crippen molar-refractivity contribution in [1.82, 2.24) is 0 Å². The molecule has 0 aliphatic carbocycles. The molecule has 0 bridgehead atoms. The molecule has 0 fully saturated rings. The minimum atomic E-state index is -2.12. The SMILES string of the molecule is O=C(Br)CCCC[PH](c1ccccc1)(c1ccccc1)c1ccccc1. The van der Waals surface area contributed by atoms with E-state index in [2.05, 4.69) is 107 Å². The third-order valence-corrected chi connectivity index (χ3v) is 10.4. The monoisotopic (exact) mass is 426 g/mol. The van der Waals surface area contributed by atoms with E-state index in [4.69, 9.17) is 0 Å². The molecule has 0 unspecified atom stereocenters. The van der Waals surface area contributed by atoms with Gasteiger partial charge < -0.3 is 0 Å². The molecule has 0 amide bonds. The van der Waals surface area contributed by atoms with Crippen LogP contribution >= 0.6 is 23.2 Å². The zero-order valence-corrected chi connectivity index (χ0v) is 17.4. The third kappa shape index (κ3) is 4.31. The molecule has 134 valence electrons. The molecule has 0 aliphatic rings. The molecule has 0 aliphatic heterocycles. The Morgan fingerprint density at radius 2 is 1.04 bits per heavy atom. The van der Waals surface area contributed by atoms with Crippen LogP contribution in [0.1, 0.15) is 19.3 Å². The molecule has 0 radical (unpaired) electrons. The Balaban J connectivity index is 2.10. The summed E-state index contributed by atoms with van der Waals surface area (Å²) in [6, 6.07) is 32.8. The van der Waals surface area contributed by atoms with Gasteiger partial charge in [0.05, 0.1) is 0 Å². The van der Waals surface area contributed by atoms with Crippen molar-refractivity contribution in [2.24, 2.45) is 0 Å². The van der Waals surface area contributed by atoms with Crippen LogP contribution < -0.4 is 15.9 Å². The number of rotatable bonds is 8. The van der Waals surface area contributed by atoms with Gasteiger partial charge in [0.2, 0.25) is 0 Å². The van der Waals surface area contributed by atoms with Gasteiger partial charge in [0.25, 0.3) is 0 Å². The minimum absolute atomic E-state index is 0.101. The van der Waals surface area contributed by atoms with Gasteiger partial charge in [0.1, 0.15) is 0 Å². The van der Waals surface area contributed by atoms with Crippen LogP contribution in [0.2, 0.25) is 0 Å². The predicted molar refractivity (Wildman–Crippen MR) is 119 cm³/mol. The van der Waals surface area contributed by atoms with E-state index >= 15 is 0 Å². The van der Waals surface area contributed by atoms with E-state index in [0.717, 1.165) is 19.0 Å². The molecular weight excluding hydrogens is 403 g/mol. The first kappa shape index (κ1) is 19.0. The standard InChI is InChI=1S/C23H24BrOP/c24-23(25)18-10-11-19-26(20-12-4-1-5-13-20,21-14-6-2-7-15-21)22-16-8-3-9-17-22/h1-9,12-17,26H,10-11,18-19H2. The summed E-state index contributed by atoms with van der Waals surface area (Å²) in [5.41, 5.74) is 0. The van der Waals surface area contributed by atoms with Crippen LogP contribution in [0.4, 0.5) is 0 Å². The fraction of sp³-hybridized carbons (Fsp3) is 0.174. The molecule has 0 atom stereocenters. The van der Waals surface area contributed by atoms with Gasteiger partial charge in [-0.3, -0.25) is 0 Å². The molecule has 0 spiro atoms. The summed E-state index contributed by atoms with van der Waals surface area (Å²) in [6.07, 6.45) is 3.67. The summed E-state index contributed by atoms with van der Waals surface area (Å²) in [5.74, 6) is 0. The topological polar surface area (TPSA) is 17.1 Å². The van der Waals surface area contributed by atoms with E-state index in [1.807, 2.05) is 0 Å². The quantitative estimate of drug-likeness (QED) is 0.287. The Morgan fingerprint density at radius 1 is 0.654 bits per heavy atom. The van der Waals surface area contributed by atoms with Crippen molar-refractivity contribution in [2.45, 2.75) is 19.3 Å². The van der Waals surface area contributed by atoms with Gasteiger partial charge in [-0.25, -0.2) is 0 Å². The fourth-order valence-corrected chi connectivity index (χ4v) is 8.97. The van der Waals surface area contributed by atoms with Crippen LogP contribution in [-0.4, -0.2) is 10.9 Å². The first-order valence-corrected chi connectivity index (χ1v) is 12.1. The molecule has 0 heterocycles. The first-order valence-electron chi connectivity index (χ1n) is 9.08. The van der Waals surface area contributed by atoms with E-state index < -0.39 is 7.26 Å². The number of benzene rings is 3. The second-order valence-electron chi connectivity index (χ2n) is 6.57. The normalized spacial score (nSPS) is 11.9. The number of unbranched alkanes of at least 4 members (excludes halogenated alkanes) is 1. The second-order valence-corrected chi connectivity index (χ2v) is 11.5. The Bertz CT molecular complexity index is 722. The van der Waals surface area contributed by atoms with E-state index in [1.54, 1.807) is 0 Å². The summed E-state index contributed by atoms with van der Waals surface area (Å²) in [7, 11) is -2.12. The van der Waals surface area contributed by atoms with Gasteiger partial charge >= 0.3 is 165 Å². The van der Waals surface area contributed by atoms with Crippen LogP contribution in [-0.2, 0) is 4.79 Å². The van der Waals surface area contributed by atoms with Crippen LogP contribution in [0.5, 0.6) is 0 Å². The number of hydrogen-bond acceptors (Lipinski definition) is 1. The predicted octanol–water partition coefficient (Wildman–Crippen LogP) is 4.80. The van der Waals surface area contributed by atoms with Crippen molar-refractivity contribution in [2.75, 3.05) is 6.16 Å². The number of carbonyl (C=O) groups is 1. The van der Waals surface area contributed by atoms with Crippen LogP contribution in [0.3, 0.4) is 0 Å². The van der Waals surface area contributed by atoms with Crippen molar-refractivity contribution in [3.05, 3.63) is 91.0 Å². The Hall–Kier alpha value is -1.76. The van der Waals surface area contributed by atoms with Gasteiger partial charge in [-0.05, 0) is 0 Å². The van der Waals surface area contributed by atoms with Crippen molar-refractivity contribution < 1.29 is 4.79 Å². The number of carbonyl (C=O) groups excluding carboxylic acids is 1. The number of hydrogen-bond donors (Lipinski definition) is 0. The molecule has 3 aromatic carbocycles. The average molecular weight is 427 g/mol. The molecule has 26 heavy (non-hydrogen) atoms. The van der Waals surface area contributed by atoms with Gasteiger partial charge in [-0.2, -0.15) is 0 Å². The molecule has 0 N–H and O–H groups in total. The Kier molecular flexibility index (Phi) is 6.77. The average Bonchev–Trinajstić information content (AvgIpc) is 2.70. The van der Waals surface area contributed by atoms with E-state index in [1.165, 1.54) is 15.9 Å². The van der Waals surface area contributed by atoms with Gasteiger partial charge in [0.15, 0.2) is 0 Å². The summed E-state index contributed by atoms with van der Waals surface area (Å²) < 4.78 is 0.101. The first-order chi connectivity index (χ1) is 12.7. The molecule has 0 saturated heterocycles. The zero-order valence-electron chi connectivity index (χ0n) is 14.8. The van der Waals surface area contributed by atoms with Crippen LogP contribution in [0, 0.1) is 0 Å². The second kappa shape index (κ2) is 9.26. The summed E-state index contributed by atoms with van der Waals surface area (Å²) >= 11 is 3.06. The van der Waals surface area contributed by atoms with E-state index in [9.17, 15) is 4.79 Å². The molecule has 3 rings (SSSR count).